The first kappa shape index (κ1) is 20.4. The Bertz CT molecular complexity index is 946. The van der Waals surface area contributed by atoms with Crippen molar-refractivity contribution in [3.63, 3.8) is 0 Å². The van der Waals surface area contributed by atoms with Crippen LogP contribution < -0.4 is 5.32 Å². The zero-order chi connectivity index (χ0) is 20.9. The van der Waals surface area contributed by atoms with E-state index >= 15 is 0 Å². The second-order valence-corrected chi connectivity index (χ2v) is 8.66. The predicted octanol–water partition coefficient (Wildman–Crippen LogP) is 3.28. The molecular weight excluding hydrogens is 390 g/mol. The molecule has 0 aromatic heterocycles. The number of carboxylic acid groups (broad SMARTS) is 2. The molecule has 0 fully saturated rings. The monoisotopic (exact) mass is 411 g/mol. The summed E-state index contributed by atoms with van der Waals surface area (Å²) in [5, 5.41) is 25.4. The molecule has 2 atom stereocenters. The number of carbonyl (C=O) groups excluding carboxylic acids is 1. The second-order valence-electron chi connectivity index (χ2n) is 6.54. The Morgan fingerprint density at radius 2 is 1.45 bits per heavy atom. The van der Waals surface area contributed by atoms with E-state index < -0.39 is 46.0 Å². The fourth-order valence-corrected chi connectivity index (χ4v) is 5.66. The summed E-state index contributed by atoms with van der Waals surface area (Å²) in [5.41, 5.74) is -1.27. The number of hydrogen-bond donors (Lipinski definition) is 4. The molecule has 150 valence electrons. The van der Waals surface area contributed by atoms with Crippen molar-refractivity contribution in [1.29, 1.82) is 0 Å². The third-order valence-corrected chi connectivity index (χ3v) is 7.09. The van der Waals surface area contributed by atoms with Gasteiger partial charge in [-0.2, -0.15) is 0 Å². The maximum absolute atomic E-state index is 13.0. The van der Waals surface area contributed by atoms with E-state index in [1.165, 1.54) is 0 Å². The quantitative estimate of drug-likeness (QED) is 0.499. The molecule has 29 heavy (non-hydrogen) atoms. The lowest BCUT2D eigenvalue weighted by atomic mass is 9.84. The van der Waals surface area contributed by atoms with Gasteiger partial charge in [-0.3, -0.25) is 9.59 Å². The lowest BCUT2D eigenvalue weighted by Gasteiger charge is -2.41. The standard InChI is InChI=1S/C22H21NO5S/c24-19(25)15-18(29-13-7-8-14-29)22(21(27)28,17-11-5-2-6-12-17)23-20(26)16-9-3-1-4-10-16/h1-14,18,29H,15H2,(H,23,26)(H,24,25)(H,27,28). The molecular formula is C22H21NO5S. The van der Waals surface area contributed by atoms with E-state index in [4.69, 9.17) is 0 Å². The van der Waals surface area contributed by atoms with Crippen LogP contribution in [0, 0.1) is 0 Å². The molecule has 3 N–H and O–H groups in total. The number of thiol groups is 1. The van der Waals surface area contributed by atoms with E-state index in [0.717, 1.165) is 0 Å². The van der Waals surface area contributed by atoms with Crippen LogP contribution in [0.4, 0.5) is 0 Å². The van der Waals surface area contributed by atoms with Crippen molar-refractivity contribution < 1.29 is 24.6 Å². The van der Waals surface area contributed by atoms with Gasteiger partial charge in [-0.25, -0.2) is 15.7 Å². The van der Waals surface area contributed by atoms with Crippen molar-refractivity contribution in [3.05, 3.63) is 94.8 Å². The normalized spacial score (nSPS) is 16.8. The minimum atomic E-state index is -1.91. The number of nitrogens with one attached hydrogen (secondary N) is 1. The average Bonchev–Trinajstić information content (AvgIpc) is 3.26. The molecule has 2 unspecified atom stereocenters. The molecule has 3 rings (SSSR count). The maximum atomic E-state index is 13.0. The number of benzene rings is 2. The molecule has 2 aromatic rings. The summed E-state index contributed by atoms with van der Waals surface area (Å²) in [5.74, 6) is -2.99. The van der Waals surface area contributed by atoms with Crippen molar-refractivity contribution in [2.24, 2.45) is 0 Å². The average molecular weight is 411 g/mol. The van der Waals surface area contributed by atoms with Crippen LogP contribution in [-0.2, 0) is 15.1 Å². The Labute approximate surface area is 170 Å². The molecule has 0 saturated carbocycles. The molecule has 2 aromatic carbocycles. The van der Waals surface area contributed by atoms with Gasteiger partial charge in [0.2, 0.25) is 0 Å². The van der Waals surface area contributed by atoms with Crippen LogP contribution in [0.2, 0.25) is 0 Å². The summed E-state index contributed by atoms with van der Waals surface area (Å²) in [6, 6.07) is 16.6. The van der Waals surface area contributed by atoms with Crippen LogP contribution in [0.1, 0.15) is 22.3 Å². The predicted molar refractivity (Wildman–Crippen MR) is 113 cm³/mol. The molecule has 1 aliphatic rings. The van der Waals surface area contributed by atoms with Crippen molar-refractivity contribution in [2.45, 2.75) is 17.2 Å². The minimum absolute atomic E-state index is 0.299. The molecule has 0 radical (unpaired) electrons. The molecule has 7 heteroatoms. The first-order valence-corrected chi connectivity index (χ1v) is 10.5. The summed E-state index contributed by atoms with van der Waals surface area (Å²) in [7, 11) is -1.22. The van der Waals surface area contributed by atoms with Gasteiger partial charge in [0.1, 0.15) is 0 Å². The lowest BCUT2D eigenvalue weighted by molar-refractivity contribution is -0.145. The van der Waals surface area contributed by atoms with E-state index in [1.807, 2.05) is 10.8 Å². The SMILES string of the molecule is O=C(O)CC([SH]1C=CC=C1)C(NC(=O)c1ccccc1)(C(=O)O)c1ccccc1. The number of carboxylic acids is 2. The summed E-state index contributed by atoms with van der Waals surface area (Å²) < 4.78 is 0. The fourth-order valence-electron chi connectivity index (χ4n) is 3.41. The van der Waals surface area contributed by atoms with Crippen LogP contribution in [0.25, 0.3) is 0 Å². The van der Waals surface area contributed by atoms with Gasteiger partial charge in [0.05, 0.1) is 6.42 Å². The van der Waals surface area contributed by atoms with Crippen LogP contribution >= 0.6 is 10.9 Å². The molecule has 6 nitrogen and oxygen atoms in total. The highest BCUT2D eigenvalue weighted by Crippen LogP contribution is 2.48. The van der Waals surface area contributed by atoms with Crippen LogP contribution in [0.3, 0.4) is 0 Å². The lowest BCUT2D eigenvalue weighted by Crippen LogP contribution is -2.59. The summed E-state index contributed by atoms with van der Waals surface area (Å²) in [4.78, 5) is 37.4. The van der Waals surface area contributed by atoms with Crippen molar-refractivity contribution in [3.8, 4) is 0 Å². The summed E-state index contributed by atoms with van der Waals surface area (Å²) >= 11 is 0. The van der Waals surface area contributed by atoms with Gasteiger partial charge >= 0.3 is 11.9 Å². The highest BCUT2D eigenvalue weighted by molar-refractivity contribution is 8.22. The van der Waals surface area contributed by atoms with Gasteiger partial charge in [-0.05, 0) is 28.5 Å². The maximum Gasteiger partial charge on any atom is 0.335 e. The zero-order valence-electron chi connectivity index (χ0n) is 15.4. The molecule has 1 heterocycles. The minimum Gasteiger partial charge on any atom is -0.481 e. The van der Waals surface area contributed by atoms with Gasteiger partial charge in [0.15, 0.2) is 5.54 Å². The largest absolute Gasteiger partial charge is 0.481 e. The Kier molecular flexibility index (Phi) is 6.19. The Hall–Kier alpha value is -3.32. The number of amides is 1. The zero-order valence-corrected chi connectivity index (χ0v) is 16.3. The smallest absolute Gasteiger partial charge is 0.335 e. The van der Waals surface area contributed by atoms with Crippen molar-refractivity contribution >= 4 is 28.7 Å². The molecule has 0 spiro atoms. The number of hydrogen-bond acceptors (Lipinski definition) is 3. The van der Waals surface area contributed by atoms with E-state index in [1.54, 1.807) is 72.8 Å². The Balaban J connectivity index is 2.16. The summed E-state index contributed by atoms with van der Waals surface area (Å²) in [6.07, 6.45) is 3.14. The third kappa shape index (κ3) is 4.25. The number of aliphatic carboxylic acids is 2. The van der Waals surface area contributed by atoms with Crippen LogP contribution in [-0.4, -0.2) is 33.3 Å². The number of carbonyl (C=O) groups is 3. The molecule has 1 amide bonds. The van der Waals surface area contributed by atoms with Gasteiger partial charge in [0, 0.05) is 10.8 Å². The van der Waals surface area contributed by atoms with Gasteiger partial charge in [-0.15, -0.1) is 0 Å². The molecule has 1 aliphatic heterocycles. The van der Waals surface area contributed by atoms with Crippen LogP contribution in [0.5, 0.6) is 0 Å². The van der Waals surface area contributed by atoms with Crippen LogP contribution in [0.15, 0.2) is 83.6 Å². The third-order valence-electron chi connectivity index (χ3n) is 4.77. The first-order chi connectivity index (χ1) is 13.9. The van der Waals surface area contributed by atoms with Crippen molar-refractivity contribution in [2.75, 3.05) is 0 Å². The highest BCUT2D eigenvalue weighted by atomic mass is 32.2. The Morgan fingerprint density at radius 3 is 1.97 bits per heavy atom. The van der Waals surface area contributed by atoms with Crippen molar-refractivity contribution in [1.82, 2.24) is 5.32 Å². The van der Waals surface area contributed by atoms with Gasteiger partial charge in [0.25, 0.3) is 5.91 Å². The first-order valence-electron chi connectivity index (χ1n) is 8.96. The molecule has 0 bridgehead atoms. The Morgan fingerprint density at radius 1 is 0.897 bits per heavy atom. The fraction of sp³-hybridized carbons (Fsp3) is 0.136. The van der Waals surface area contributed by atoms with Gasteiger partial charge < -0.3 is 15.5 Å². The number of rotatable bonds is 8. The van der Waals surface area contributed by atoms with E-state index in [2.05, 4.69) is 5.32 Å². The second kappa shape index (κ2) is 8.79. The van der Waals surface area contributed by atoms with E-state index in [9.17, 15) is 24.6 Å². The molecule has 0 aliphatic carbocycles. The van der Waals surface area contributed by atoms with E-state index in [0.29, 0.717) is 11.1 Å². The summed E-state index contributed by atoms with van der Waals surface area (Å²) in [6.45, 7) is 0. The highest BCUT2D eigenvalue weighted by Gasteiger charge is 2.51. The van der Waals surface area contributed by atoms with E-state index in [-0.39, 0.29) is 0 Å². The number of allylic oxidation sites excluding steroid dienone is 2. The molecule has 0 saturated heterocycles. The topological polar surface area (TPSA) is 104 Å². The van der Waals surface area contributed by atoms with Gasteiger partial charge in [-0.1, -0.05) is 60.7 Å².